The van der Waals surface area contributed by atoms with E-state index in [0.29, 0.717) is 32.8 Å². The Hall–Kier alpha value is -0.690. The highest BCUT2D eigenvalue weighted by atomic mass is 16.5. The van der Waals surface area contributed by atoms with E-state index < -0.39 is 0 Å². The van der Waals surface area contributed by atoms with Gasteiger partial charge in [-0.25, -0.2) is 0 Å². The van der Waals surface area contributed by atoms with Gasteiger partial charge in [0, 0.05) is 44.6 Å². The van der Waals surface area contributed by atoms with Crippen LogP contribution in [0.3, 0.4) is 0 Å². The Morgan fingerprint density at radius 3 is 2.81 bits per heavy atom. The van der Waals surface area contributed by atoms with Crippen molar-refractivity contribution in [2.45, 2.75) is 44.5 Å². The minimum Gasteiger partial charge on any atom is -0.392 e. The summed E-state index contributed by atoms with van der Waals surface area (Å²) in [6, 6.07) is 0. The highest BCUT2D eigenvalue weighted by Gasteiger charge is 2.56. The lowest BCUT2D eigenvalue weighted by atomic mass is 9.58. The lowest BCUT2D eigenvalue weighted by Crippen LogP contribution is -2.63. The predicted molar refractivity (Wildman–Crippen MR) is 76.9 cm³/mol. The number of aliphatic hydroxyl groups is 1. The first-order valence-electron chi connectivity index (χ1n) is 8.08. The Morgan fingerprint density at radius 2 is 2.24 bits per heavy atom. The van der Waals surface area contributed by atoms with E-state index in [2.05, 4.69) is 5.32 Å². The maximum atomic E-state index is 12.4. The van der Waals surface area contributed by atoms with Crippen LogP contribution in [0.25, 0.3) is 0 Å². The highest BCUT2D eigenvalue weighted by Crippen LogP contribution is 2.50. The number of amides is 1. The molecule has 1 spiro atoms. The molecule has 3 atom stereocenters. The molecule has 0 radical (unpaired) electrons. The molecule has 3 fully saturated rings. The van der Waals surface area contributed by atoms with Crippen molar-refractivity contribution in [3.8, 4) is 0 Å². The van der Waals surface area contributed by atoms with Gasteiger partial charge in [0.05, 0.1) is 18.8 Å². The van der Waals surface area contributed by atoms with Crippen LogP contribution >= 0.6 is 0 Å². The molecule has 2 aliphatic heterocycles. The summed E-state index contributed by atoms with van der Waals surface area (Å²) in [4.78, 5) is 14.3. The van der Waals surface area contributed by atoms with Crippen LogP contribution in [0, 0.1) is 5.41 Å². The summed E-state index contributed by atoms with van der Waals surface area (Å²) in [5, 5.41) is 13.4. The number of morpholine rings is 1. The third-order valence-electron chi connectivity index (χ3n) is 5.32. The number of nitrogens with zero attached hydrogens (tertiary/aromatic N) is 1. The first kappa shape index (κ1) is 15.2. The van der Waals surface area contributed by atoms with E-state index in [1.165, 1.54) is 0 Å². The van der Waals surface area contributed by atoms with Gasteiger partial charge < -0.3 is 24.8 Å². The lowest BCUT2D eigenvalue weighted by molar-refractivity contribution is -0.211. The zero-order chi connectivity index (χ0) is 14.9. The Morgan fingerprint density at radius 1 is 1.48 bits per heavy atom. The number of carbonyl (C=O) groups is 1. The zero-order valence-electron chi connectivity index (χ0n) is 12.7. The number of rotatable bonds is 3. The van der Waals surface area contributed by atoms with E-state index in [0.717, 1.165) is 25.8 Å². The van der Waals surface area contributed by atoms with Crippen LogP contribution in [-0.2, 0) is 14.3 Å². The number of aliphatic hydroxyl groups excluding tert-OH is 1. The molecule has 120 valence electrons. The fourth-order valence-corrected chi connectivity index (χ4v) is 3.89. The topological polar surface area (TPSA) is 71.0 Å². The van der Waals surface area contributed by atoms with Crippen molar-refractivity contribution in [2.75, 3.05) is 39.4 Å². The second-order valence-electron chi connectivity index (χ2n) is 6.32. The first-order chi connectivity index (χ1) is 10.2. The van der Waals surface area contributed by atoms with Crippen LogP contribution in [0.2, 0.25) is 0 Å². The average molecular weight is 298 g/mol. The summed E-state index contributed by atoms with van der Waals surface area (Å²) in [5.41, 5.74) is -0.127. The Balaban J connectivity index is 1.56. The van der Waals surface area contributed by atoms with Crippen molar-refractivity contribution in [3.05, 3.63) is 0 Å². The largest absolute Gasteiger partial charge is 0.392 e. The van der Waals surface area contributed by atoms with Crippen LogP contribution in [0.1, 0.15) is 26.2 Å². The first-order valence-corrected chi connectivity index (χ1v) is 8.08. The summed E-state index contributed by atoms with van der Waals surface area (Å²) in [7, 11) is 0. The zero-order valence-corrected chi connectivity index (χ0v) is 12.7. The molecule has 6 nitrogen and oxygen atoms in total. The molecule has 0 unspecified atom stereocenters. The molecule has 6 heteroatoms. The maximum absolute atomic E-state index is 12.4. The molecule has 0 bridgehead atoms. The van der Waals surface area contributed by atoms with Gasteiger partial charge in [-0.05, 0) is 19.8 Å². The summed E-state index contributed by atoms with van der Waals surface area (Å²) >= 11 is 0. The highest BCUT2D eigenvalue weighted by molar-refractivity contribution is 5.81. The van der Waals surface area contributed by atoms with E-state index in [1.54, 1.807) is 0 Å². The SMILES string of the molecule is CCO[C@@H]1C[C@@H](O)C12CCN(C(=O)[C@@H]1CNCCO1)CC2. The molecule has 3 rings (SSSR count). The molecule has 1 amide bonds. The number of hydrogen-bond donors (Lipinski definition) is 2. The maximum Gasteiger partial charge on any atom is 0.253 e. The van der Waals surface area contributed by atoms with Crippen LogP contribution in [0.4, 0.5) is 0 Å². The van der Waals surface area contributed by atoms with E-state index in [9.17, 15) is 9.90 Å². The van der Waals surface area contributed by atoms with Crippen LogP contribution in [0.15, 0.2) is 0 Å². The molecule has 2 N–H and O–H groups in total. The van der Waals surface area contributed by atoms with E-state index in [4.69, 9.17) is 9.47 Å². The molecule has 1 saturated carbocycles. The monoisotopic (exact) mass is 298 g/mol. The van der Waals surface area contributed by atoms with Gasteiger partial charge in [0.15, 0.2) is 0 Å². The van der Waals surface area contributed by atoms with Crippen molar-refractivity contribution in [1.29, 1.82) is 0 Å². The molecule has 1 aliphatic carbocycles. The smallest absolute Gasteiger partial charge is 0.253 e. The molecule has 2 saturated heterocycles. The van der Waals surface area contributed by atoms with Crippen molar-refractivity contribution >= 4 is 5.91 Å². The second kappa shape index (κ2) is 6.20. The minimum atomic E-state index is -0.346. The number of nitrogens with one attached hydrogen (secondary N) is 1. The van der Waals surface area contributed by atoms with Crippen LogP contribution < -0.4 is 5.32 Å². The van der Waals surface area contributed by atoms with Crippen molar-refractivity contribution < 1.29 is 19.4 Å². The fraction of sp³-hybridized carbons (Fsp3) is 0.933. The Bertz CT molecular complexity index is 374. The van der Waals surface area contributed by atoms with Gasteiger partial charge in [-0.3, -0.25) is 4.79 Å². The predicted octanol–water partition coefficient (Wildman–Crippen LogP) is -0.247. The van der Waals surface area contributed by atoms with Gasteiger partial charge in [0.25, 0.3) is 5.91 Å². The van der Waals surface area contributed by atoms with Crippen molar-refractivity contribution in [2.24, 2.45) is 5.41 Å². The van der Waals surface area contributed by atoms with E-state index in [1.807, 2.05) is 11.8 Å². The number of ether oxygens (including phenoxy) is 2. The number of hydrogen-bond acceptors (Lipinski definition) is 5. The summed E-state index contributed by atoms with van der Waals surface area (Å²) in [5.74, 6) is 0.0822. The van der Waals surface area contributed by atoms with Gasteiger partial charge in [0.1, 0.15) is 6.10 Å². The van der Waals surface area contributed by atoms with Crippen molar-refractivity contribution in [1.82, 2.24) is 10.2 Å². The van der Waals surface area contributed by atoms with Gasteiger partial charge in [0.2, 0.25) is 0 Å². The number of carbonyl (C=O) groups excluding carboxylic acids is 1. The summed E-state index contributed by atoms with van der Waals surface area (Å²) in [6.45, 7) is 6.07. The standard InChI is InChI=1S/C15H26N2O4/c1-2-20-13-9-12(18)15(13)3-6-17(7-4-15)14(19)11-10-16-5-8-21-11/h11-13,16,18H,2-10H2,1H3/t11-,12+,13+/m0/s1. The molecule has 3 aliphatic rings. The molecule has 21 heavy (non-hydrogen) atoms. The molecular formula is C15H26N2O4. The average Bonchev–Trinajstić information content (AvgIpc) is 2.55. The van der Waals surface area contributed by atoms with E-state index in [-0.39, 0.29) is 29.6 Å². The van der Waals surface area contributed by atoms with E-state index >= 15 is 0 Å². The minimum absolute atomic E-state index is 0.0822. The molecule has 0 aromatic rings. The Labute approximate surface area is 125 Å². The van der Waals surface area contributed by atoms with Gasteiger partial charge in [-0.2, -0.15) is 0 Å². The molecular weight excluding hydrogens is 272 g/mol. The molecule has 0 aromatic heterocycles. The third-order valence-corrected chi connectivity index (χ3v) is 5.32. The summed E-state index contributed by atoms with van der Waals surface area (Å²) < 4.78 is 11.3. The number of likely N-dealkylation sites (tertiary alicyclic amines) is 1. The van der Waals surface area contributed by atoms with Crippen LogP contribution in [0.5, 0.6) is 0 Å². The normalized spacial score (nSPS) is 35.5. The van der Waals surface area contributed by atoms with Gasteiger partial charge >= 0.3 is 0 Å². The Kier molecular flexibility index (Phi) is 4.49. The summed E-state index contributed by atoms with van der Waals surface area (Å²) in [6.07, 6.45) is 1.91. The fourth-order valence-electron chi connectivity index (χ4n) is 3.89. The quantitative estimate of drug-likeness (QED) is 0.752. The lowest BCUT2D eigenvalue weighted by Gasteiger charge is -2.56. The van der Waals surface area contributed by atoms with Crippen molar-refractivity contribution in [3.63, 3.8) is 0 Å². The molecule has 0 aromatic carbocycles. The second-order valence-corrected chi connectivity index (χ2v) is 6.32. The molecule has 2 heterocycles. The number of piperidine rings is 1. The third kappa shape index (κ3) is 2.70. The van der Waals surface area contributed by atoms with Gasteiger partial charge in [-0.1, -0.05) is 0 Å². The van der Waals surface area contributed by atoms with Gasteiger partial charge in [-0.15, -0.1) is 0 Å². The van der Waals surface area contributed by atoms with Crippen LogP contribution in [-0.4, -0.2) is 73.6 Å².